The van der Waals surface area contributed by atoms with Gasteiger partial charge in [-0.05, 0) is 31.5 Å². The van der Waals surface area contributed by atoms with E-state index in [1.54, 1.807) is 19.1 Å². The molecule has 0 amide bonds. The highest BCUT2D eigenvalue weighted by molar-refractivity contribution is 6.35. The average Bonchev–Trinajstić information content (AvgIpc) is 2.40. The molecular weight excluding hydrogens is 313 g/mol. The molecular formula is C15H21Cl2NO3. The summed E-state index contributed by atoms with van der Waals surface area (Å²) in [4.78, 5) is 11.5. The zero-order valence-corrected chi connectivity index (χ0v) is 14.2. The molecule has 6 heteroatoms. The third kappa shape index (κ3) is 5.73. The number of hydrogen-bond donors (Lipinski definition) is 1. The zero-order valence-electron chi connectivity index (χ0n) is 12.7. The van der Waals surface area contributed by atoms with Gasteiger partial charge in [0, 0.05) is 17.1 Å². The summed E-state index contributed by atoms with van der Waals surface area (Å²) in [7, 11) is 1.32. The van der Waals surface area contributed by atoms with E-state index in [9.17, 15) is 4.79 Å². The predicted molar refractivity (Wildman–Crippen MR) is 85.1 cm³/mol. The van der Waals surface area contributed by atoms with Crippen LogP contribution in [0.3, 0.4) is 0 Å². The second kappa shape index (κ2) is 8.47. The number of nitrogens with one attached hydrogen (secondary N) is 1. The number of esters is 1. The van der Waals surface area contributed by atoms with Crippen LogP contribution in [-0.2, 0) is 16.1 Å². The standard InChI is InChI=1S/C15H21Cl2NO3/c1-9(2)7-18-8-11-5-12(16)6-13(17)14(11)21-10(3)15(19)20-4/h5-6,9-10,18H,7-8H2,1-4H3. The average molecular weight is 334 g/mol. The molecule has 0 aliphatic heterocycles. The van der Waals surface area contributed by atoms with E-state index in [1.807, 2.05) is 0 Å². The topological polar surface area (TPSA) is 47.6 Å². The second-order valence-corrected chi connectivity index (χ2v) is 6.03. The highest BCUT2D eigenvalue weighted by Gasteiger charge is 2.19. The molecule has 21 heavy (non-hydrogen) atoms. The van der Waals surface area contributed by atoms with E-state index in [-0.39, 0.29) is 0 Å². The Balaban J connectivity index is 2.92. The van der Waals surface area contributed by atoms with Crippen molar-refractivity contribution in [3.05, 3.63) is 27.7 Å². The number of halogens is 2. The monoisotopic (exact) mass is 333 g/mol. The fourth-order valence-electron chi connectivity index (χ4n) is 1.76. The minimum Gasteiger partial charge on any atom is -0.477 e. The molecule has 0 aromatic heterocycles. The molecule has 118 valence electrons. The number of rotatable bonds is 7. The Bertz CT molecular complexity index is 492. The molecule has 0 saturated carbocycles. The van der Waals surface area contributed by atoms with Crippen molar-refractivity contribution in [2.75, 3.05) is 13.7 Å². The highest BCUT2D eigenvalue weighted by atomic mass is 35.5. The molecule has 1 N–H and O–H groups in total. The van der Waals surface area contributed by atoms with Gasteiger partial charge >= 0.3 is 5.97 Å². The molecule has 0 spiro atoms. The Morgan fingerprint density at radius 1 is 1.29 bits per heavy atom. The van der Waals surface area contributed by atoms with E-state index in [4.69, 9.17) is 27.9 Å². The third-order valence-electron chi connectivity index (χ3n) is 2.78. The smallest absolute Gasteiger partial charge is 0.346 e. The van der Waals surface area contributed by atoms with Crippen LogP contribution in [0.4, 0.5) is 0 Å². The summed E-state index contributed by atoms with van der Waals surface area (Å²) >= 11 is 12.2. The second-order valence-electron chi connectivity index (χ2n) is 5.18. The van der Waals surface area contributed by atoms with E-state index >= 15 is 0 Å². The Labute approximate surface area is 135 Å². The number of ether oxygens (including phenoxy) is 2. The van der Waals surface area contributed by atoms with Crippen LogP contribution >= 0.6 is 23.2 Å². The van der Waals surface area contributed by atoms with Gasteiger partial charge in [0.2, 0.25) is 0 Å². The van der Waals surface area contributed by atoms with Crippen molar-refractivity contribution in [1.82, 2.24) is 5.32 Å². The minimum absolute atomic E-state index is 0.375. The molecule has 1 aromatic rings. The van der Waals surface area contributed by atoms with Crippen molar-refractivity contribution < 1.29 is 14.3 Å². The van der Waals surface area contributed by atoms with Crippen molar-refractivity contribution >= 4 is 29.2 Å². The summed E-state index contributed by atoms with van der Waals surface area (Å²) in [5.74, 6) is 0.523. The van der Waals surface area contributed by atoms with Gasteiger partial charge in [0.15, 0.2) is 6.10 Å². The first-order valence-electron chi connectivity index (χ1n) is 6.78. The Hall–Kier alpha value is -0.970. The van der Waals surface area contributed by atoms with Crippen molar-refractivity contribution in [3.8, 4) is 5.75 Å². The molecule has 0 radical (unpaired) electrons. The lowest BCUT2D eigenvalue weighted by Gasteiger charge is -2.18. The van der Waals surface area contributed by atoms with Crippen LogP contribution in [0.25, 0.3) is 0 Å². The van der Waals surface area contributed by atoms with Crippen LogP contribution in [0.15, 0.2) is 12.1 Å². The van der Waals surface area contributed by atoms with Gasteiger partial charge in [0.25, 0.3) is 0 Å². The van der Waals surface area contributed by atoms with E-state index in [0.717, 1.165) is 12.1 Å². The highest BCUT2D eigenvalue weighted by Crippen LogP contribution is 2.33. The maximum atomic E-state index is 11.5. The summed E-state index contributed by atoms with van der Waals surface area (Å²) in [6, 6.07) is 3.37. The lowest BCUT2D eigenvalue weighted by atomic mass is 10.1. The Kier molecular flexibility index (Phi) is 7.29. The first-order valence-corrected chi connectivity index (χ1v) is 7.53. The minimum atomic E-state index is -0.738. The first kappa shape index (κ1) is 18.1. The molecule has 4 nitrogen and oxygen atoms in total. The lowest BCUT2D eigenvalue weighted by molar-refractivity contribution is -0.147. The maximum Gasteiger partial charge on any atom is 0.346 e. The predicted octanol–water partition coefficient (Wildman–Crippen LogP) is 3.68. The summed E-state index contributed by atoms with van der Waals surface area (Å²) in [6.07, 6.45) is -0.738. The van der Waals surface area contributed by atoms with E-state index in [1.165, 1.54) is 7.11 Å². The molecule has 0 saturated heterocycles. The van der Waals surface area contributed by atoms with Crippen LogP contribution in [0.5, 0.6) is 5.75 Å². The van der Waals surface area contributed by atoms with Gasteiger partial charge in [0.1, 0.15) is 5.75 Å². The molecule has 1 aromatic carbocycles. The largest absolute Gasteiger partial charge is 0.477 e. The number of methoxy groups -OCH3 is 1. The van der Waals surface area contributed by atoms with E-state index < -0.39 is 12.1 Å². The van der Waals surface area contributed by atoms with Gasteiger partial charge in [-0.2, -0.15) is 0 Å². The Morgan fingerprint density at radius 2 is 1.95 bits per heavy atom. The van der Waals surface area contributed by atoms with Gasteiger partial charge in [-0.25, -0.2) is 4.79 Å². The van der Waals surface area contributed by atoms with Crippen molar-refractivity contribution in [1.29, 1.82) is 0 Å². The van der Waals surface area contributed by atoms with E-state index in [0.29, 0.717) is 28.3 Å². The third-order valence-corrected chi connectivity index (χ3v) is 3.28. The zero-order chi connectivity index (χ0) is 16.0. The van der Waals surface area contributed by atoms with Gasteiger partial charge in [-0.3, -0.25) is 0 Å². The molecule has 0 fully saturated rings. The summed E-state index contributed by atoms with van der Waals surface area (Å²) in [5.41, 5.74) is 0.809. The van der Waals surface area contributed by atoms with Crippen molar-refractivity contribution in [2.45, 2.75) is 33.4 Å². The van der Waals surface area contributed by atoms with Crippen LogP contribution in [0, 0.1) is 5.92 Å². The van der Waals surface area contributed by atoms with Crippen LogP contribution in [0.1, 0.15) is 26.3 Å². The Morgan fingerprint density at radius 3 is 2.52 bits per heavy atom. The van der Waals surface area contributed by atoms with Gasteiger partial charge in [-0.1, -0.05) is 37.0 Å². The first-order chi connectivity index (χ1) is 9.85. The van der Waals surface area contributed by atoms with Gasteiger partial charge in [0.05, 0.1) is 12.1 Å². The maximum absolute atomic E-state index is 11.5. The fraction of sp³-hybridized carbons (Fsp3) is 0.533. The lowest BCUT2D eigenvalue weighted by Crippen LogP contribution is -2.26. The molecule has 1 rings (SSSR count). The van der Waals surface area contributed by atoms with E-state index in [2.05, 4.69) is 23.9 Å². The summed E-state index contributed by atoms with van der Waals surface area (Å²) in [6.45, 7) is 7.27. The number of hydrogen-bond acceptors (Lipinski definition) is 4. The quantitative estimate of drug-likeness (QED) is 0.773. The summed E-state index contributed by atoms with van der Waals surface area (Å²) in [5, 5.41) is 4.20. The van der Waals surface area contributed by atoms with Gasteiger partial charge < -0.3 is 14.8 Å². The van der Waals surface area contributed by atoms with Crippen LogP contribution < -0.4 is 10.1 Å². The molecule has 0 bridgehead atoms. The van der Waals surface area contributed by atoms with Gasteiger partial charge in [-0.15, -0.1) is 0 Å². The van der Waals surface area contributed by atoms with Crippen molar-refractivity contribution in [2.24, 2.45) is 5.92 Å². The molecule has 1 unspecified atom stereocenters. The molecule has 0 heterocycles. The van der Waals surface area contributed by atoms with Crippen LogP contribution in [-0.4, -0.2) is 25.7 Å². The number of carbonyl (C=O) groups excluding carboxylic acids is 1. The fourth-order valence-corrected chi connectivity index (χ4v) is 2.34. The SMILES string of the molecule is COC(=O)C(C)Oc1c(Cl)cc(Cl)cc1CNCC(C)C. The van der Waals surface area contributed by atoms with Crippen molar-refractivity contribution in [3.63, 3.8) is 0 Å². The number of benzene rings is 1. The molecule has 0 aliphatic rings. The summed E-state index contributed by atoms with van der Waals surface area (Å²) < 4.78 is 10.3. The normalized spacial score (nSPS) is 12.3. The molecule has 1 atom stereocenters. The number of carbonyl (C=O) groups is 1. The van der Waals surface area contributed by atoms with Crippen LogP contribution in [0.2, 0.25) is 10.0 Å². The molecule has 0 aliphatic carbocycles.